The second kappa shape index (κ2) is 27.5. The van der Waals surface area contributed by atoms with E-state index in [4.69, 9.17) is 34.2 Å². The maximum atomic E-state index is 12.7. The third-order valence-corrected chi connectivity index (χ3v) is 7.82. The predicted molar refractivity (Wildman–Crippen MR) is 200 cm³/mol. The minimum Gasteiger partial charge on any atom is -0.379 e. The van der Waals surface area contributed by atoms with Gasteiger partial charge in [0.05, 0.1) is 79.3 Å². The summed E-state index contributed by atoms with van der Waals surface area (Å²) in [5.74, 6) is -1.45. The molecule has 0 aliphatic carbocycles. The zero-order valence-electron chi connectivity index (χ0n) is 31.8. The highest BCUT2D eigenvalue weighted by Crippen LogP contribution is 2.15. The van der Waals surface area contributed by atoms with Crippen molar-refractivity contribution in [3.63, 3.8) is 0 Å². The molecule has 1 aliphatic heterocycles. The Morgan fingerprint density at radius 2 is 1.24 bits per heavy atom. The molecule has 303 valence electrons. The molecule has 17 heteroatoms. The Hall–Kier alpha value is -4.13. The molecule has 0 fully saturated rings. The van der Waals surface area contributed by atoms with Gasteiger partial charge in [-0.3, -0.25) is 24.1 Å². The number of nitrogens with two attached hydrogens (primary N) is 1. The Kier molecular flexibility index (Phi) is 23.4. The molecule has 2 rings (SSSR count). The normalized spacial score (nSPS) is 14.3. The van der Waals surface area contributed by atoms with Gasteiger partial charge in [-0.25, -0.2) is 4.79 Å². The number of anilines is 1. The van der Waals surface area contributed by atoms with Crippen molar-refractivity contribution in [3.8, 4) is 0 Å². The highest BCUT2D eigenvalue weighted by molar-refractivity contribution is 6.13. The Bertz CT molecular complexity index is 1280. The molecule has 3 atom stereocenters. The van der Waals surface area contributed by atoms with Crippen LogP contribution in [0, 0.1) is 12.8 Å². The SMILES string of the molecule is [CH2]c1ccc(NC(COCCOCCOCCOCCOCCOCCC(=O)N[C@H](C(=O)N[C@@H](C)CCCNC(N)=O)C(C)C)N2C(=O)C=CC2=O)cc1. The molecular weight excluding hydrogens is 704 g/mol. The Morgan fingerprint density at radius 3 is 1.74 bits per heavy atom. The number of carbonyl (C=O) groups is 5. The van der Waals surface area contributed by atoms with Crippen molar-refractivity contribution < 1.29 is 52.4 Å². The van der Waals surface area contributed by atoms with Gasteiger partial charge in [0.2, 0.25) is 11.8 Å². The summed E-state index contributed by atoms with van der Waals surface area (Å²) < 4.78 is 33.2. The quantitative estimate of drug-likeness (QED) is 0.0531. The molecule has 1 heterocycles. The molecule has 1 aromatic rings. The van der Waals surface area contributed by atoms with E-state index in [-0.39, 0.29) is 50.0 Å². The van der Waals surface area contributed by atoms with Crippen LogP contribution in [0.25, 0.3) is 0 Å². The first-order valence-electron chi connectivity index (χ1n) is 18.3. The summed E-state index contributed by atoms with van der Waals surface area (Å²) >= 11 is 0. The fourth-order valence-electron chi connectivity index (χ4n) is 4.96. The Balaban J connectivity index is 1.41. The smallest absolute Gasteiger partial charge is 0.312 e. The molecule has 1 unspecified atom stereocenters. The maximum absolute atomic E-state index is 12.7. The fraction of sp³-hybridized carbons (Fsp3) is 0.622. The predicted octanol–water partition coefficient (Wildman–Crippen LogP) is 1.12. The average Bonchev–Trinajstić information content (AvgIpc) is 3.46. The van der Waals surface area contributed by atoms with Gasteiger partial charge in [-0.05, 0) is 50.3 Å². The minimum absolute atomic E-state index is 0.0862. The summed E-state index contributed by atoms with van der Waals surface area (Å²) in [6, 6.07) is 5.91. The lowest BCUT2D eigenvalue weighted by atomic mass is 10.0. The molecule has 0 spiro atoms. The summed E-state index contributed by atoms with van der Waals surface area (Å²) in [4.78, 5) is 61.4. The van der Waals surface area contributed by atoms with Crippen molar-refractivity contribution >= 4 is 35.3 Å². The van der Waals surface area contributed by atoms with E-state index >= 15 is 0 Å². The van der Waals surface area contributed by atoms with E-state index in [1.54, 1.807) is 0 Å². The molecule has 17 nitrogen and oxygen atoms in total. The topological polar surface area (TPSA) is 218 Å². The minimum atomic E-state index is -0.678. The average molecular weight is 764 g/mol. The van der Waals surface area contributed by atoms with Crippen LogP contribution in [-0.4, -0.2) is 139 Å². The van der Waals surface area contributed by atoms with E-state index in [2.05, 4.69) is 28.2 Å². The van der Waals surface area contributed by atoms with Gasteiger partial charge < -0.3 is 55.4 Å². The molecule has 1 aliphatic rings. The molecule has 0 aromatic heterocycles. The van der Waals surface area contributed by atoms with Crippen molar-refractivity contribution in [1.29, 1.82) is 0 Å². The lowest BCUT2D eigenvalue weighted by Gasteiger charge is -2.28. The number of imide groups is 1. The summed E-state index contributed by atoms with van der Waals surface area (Å²) in [7, 11) is 0. The van der Waals surface area contributed by atoms with E-state index in [1.807, 2.05) is 45.0 Å². The van der Waals surface area contributed by atoms with Gasteiger partial charge in [0.15, 0.2) is 0 Å². The zero-order valence-corrected chi connectivity index (χ0v) is 31.8. The maximum Gasteiger partial charge on any atom is 0.312 e. The van der Waals surface area contributed by atoms with E-state index in [1.165, 1.54) is 12.2 Å². The monoisotopic (exact) mass is 763 g/mol. The van der Waals surface area contributed by atoms with Gasteiger partial charge in [0, 0.05) is 36.8 Å². The standard InChI is InChI=1S/C37H59N6O11/c1-27(2)35(36(47)40-29(4)6-5-14-39-37(38)48)42-32(44)13-15-49-16-17-50-18-19-51-20-21-52-22-23-53-24-25-54-26-31(43-33(45)11-12-34(43)46)41-30-9-7-28(3)8-10-30/h7-12,27,29,31,35,41H,3,5-6,13-26H2,1-2,4H3,(H,40,47)(H,42,44)(H3,38,39,48)/t29-,31?,35-/m0/s1. The highest BCUT2D eigenvalue weighted by atomic mass is 16.6. The summed E-state index contributed by atoms with van der Waals surface area (Å²) in [5.41, 5.74) is 6.62. The highest BCUT2D eigenvalue weighted by Gasteiger charge is 2.31. The third-order valence-electron chi connectivity index (χ3n) is 7.82. The molecule has 6 amide bonds. The first kappa shape index (κ1) is 46.0. The van der Waals surface area contributed by atoms with Crippen molar-refractivity contribution in [2.24, 2.45) is 11.7 Å². The summed E-state index contributed by atoms with van der Waals surface area (Å²) in [5, 5.41) is 11.4. The van der Waals surface area contributed by atoms with Crippen LogP contribution in [0.4, 0.5) is 10.5 Å². The first-order valence-corrected chi connectivity index (χ1v) is 18.3. The molecule has 0 bridgehead atoms. The van der Waals surface area contributed by atoms with Crippen LogP contribution in [0.3, 0.4) is 0 Å². The largest absolute Gasteiger partial charge is 0.379 e. The Labute approximate surface area is 318 Å². The van der Waals surface area contributed by atoms with Gasteiger partial charge in [-0.1, -0.05) is 26.0 Å². The molecule has 0 saturated heterocycles. The van der Waals surface area contributed by atoms with E-state index in [0.29, 0.717) is 78.8 Å². The number of amides is 6. The second-order valence-electron chi connectivity index (χ2n) is 12.8. The number of hydrogen-bond donors (Lipinski definition) is 5. The van der Waals surface area contributed by atoms with Crippen molar-refractivity contribution in [2.45, 2.75) is 58.3 Å². The molecule has 1 radical (unpaired) electrons. The lowest BCUT2D eigenvalue weighted by molar-refractivity contribution is -0.140. The number of nitrogens with zero attached hydrogens (tertiary/aromatic N) is 1. The number of hydrogen-bond acceptors (Lipinski definition) is 12. The molecule has 0 saturated carbocycles. The number of benzene rings is 1. The van der Waals surface area contributed by atoms with Crippen LogP contribution in [0.15, 0.2) is 36.4 Å². The van der Waals surface area contributed by atoms with Gasteiger partial charge in [-0.2, -0.15) is 0 Å². The number of primary amides is 1. The summed E-state index contributed by atoms with van der Waals surface area (Å²) in [6.07, 6.45) is 3.22. The number of carbonyl (C=O) groups excluding carboxylic acids is 5. The van der Waals surface area contributed by atoms with E-state index in [9.17, 15) is 24.0 Å². The van der Waals surface area contributed by atoms with Gasteiger partial charge in [0.1, 0.15) is 12.2 Å². The van der Waals surface area contributed by atoms with Crippen LogP contribution < -0.4 is 27.0 Å². The van der Waals surface area contributed by atoms with Crippen LogP contribution in [0.5, 0.6) is 0 Å². The van der Waals surface area contributed by atoms with Gasteiger partial charge >= 0.3 is 6.03 Å². The van der Waals surface area contributed by atoms with Crippen LogP contribution in [-0.2, 0) is 47.6 Å². The summed E-state index contributed by atoms with van der Waals surface area (Å²) in [6.45, 7) is 13.7. The third kappa shape index (κ3) is 20.4. The van der Waals surface area contributed by atoms with Gasteiger partial charge in [-0.15, -0.1) is 0 Å². The van der Waals surface area contributed by atoms with Crippen LogP contribution >= 0.6 is 0 Å². The number of nitrogens with one attached hydrogen (secondary N) is 4. The number of rotatable bonds is 31. The first-order chi connectivity index (χ1) is 26.0. The molecule has 6 N–H and O–H groups in total. The number of urea groups is 1. The zero-order chi connectivity index (χ0) is 39.6. The van der Waals surface area contributed by atoms with E-state index in [0.717, 1.165) is 16.2 Å². The number of ether oxygens (including phenoxy) is 6. The van der Waals surface area contributed by atoms with Crippen LogP contribution in [0.2, 0.25) is 0 Å². The lowest BCUT2D eigenvalue weighted by Crippen LogP contribution is -2.51. The van der Waals surface area contributed by atoms with Gasteiger partial charge in [0.25, 0.3) is 11.8 Å². The van der Waals surface area contributed by atoms with Crippen LogP contribution in [0.1, 0.15) is 45.6 Å². The molecular formula is C37H59N6O11. The molecule has 54 heavy (non-hydrogen) atoms. The van der Waals surface area contributed by atoms with E-state index < -0.39 is 30.1 Å². The molecule has 1 aromatic carbocycles. The van der Waals surface area contributed by atoms with Crippen molar-refractivity contribution in [3.05, 3.63) is 48.9 Å². The fourth-order valence-corrected chi connectivity index (χ4v) is 4.96. The Morgan fingerprint density at radius 1 is 0.741 bits per heavy atom. The van der Waals surface area contributed by atoms with Crippen molar-refractivity contribution in [1.82, 2.24) is 20.9 Å². The second-order valence-corrected chi connectivity index (χ2v) is 12.8. The van der Waals surface area contributed by atoms with Crippen molar-refractivity contribution in [2.75, 3.05) is 91.1 Å².